The number of fused-ring (bicyclic) bond motifs is 1. The van der Waals surface area contributed by atoms with Crippen molar-refractivity contribution in [3.63, 3.8) is 0 Å². The number of nitrogens with one attached hydrogen (secondary N) is 1. The zero-order valence-electron chi connectivity index (χ0n) is 11.6. The Morgan fingerprint density at radius 2 is 1.87 bits per heavy atom. The first-order valence-electron chi connectivity index (χ1n) is 6.58. The molecule has 1 aliphatic heterocycles. The number of amides is 1. The molecule has 0 atom stereocenters. The Kier molecular flexibility index (Phi) is 3.46. The molecule has 0 spiro atoms. The lowest BCUT2D eigenvalue weighted by Gasteiger charge is -2.00. The molecule has 0 aromatic heterocycles. The summed E-state index contributed by atoms with van der Waals surface area (Å²) in [4.78, 5) is 34.7. The van der Waals surface area contributed by atoms with Crippen LogP contribution in [-0.2, 0) is 4.79 Å². The smallest absolute Gasteiger partial charge is 0.279 e. The molecule has 2 aromatic carbocycles. The number of anilines is 1. The summed E-state index contributed by atoms with van der Waals surface area (Å²) >= 11 is 0. The van der Waals surface area contributed by atoms with Crippen molar-refractivity contribution >= 4 is 28.6 Å². The fraction of sp³-hybridized carbons (Fsp3) is 0. The lowest BCUT2D eigenvalue weighted by molar-refractivity contribution is -0.385. The molecule has 6 nitrogen and oxygen atoms in total. The van der Waals surface area contributed by atoms with Crippen molar-refractivity contribution in [2.45, 2.75) is 0 Å². The number of rotatable bonds is 3. The van der Waals surface area contributed by atoms with Crippen LogP contribution >= 0.6 is 0 Å². The van der Waals surface area contributed by atoms with E-state index in [2.05, 4.69) is 5.32 Å². The number of hydrogen-bond acceptors (Lipinski definition) is 4. The van der Waals surface area contributed by atoms with Crippen LogP contribution in [-0.4, -0.2) is 16.6 Å². The zero-order valence-corrected chi connectivity index (χ0v) is 11.6. The van der Waals surface area contributed by atoms with Gasteiger partial charge in [0.15, 0.2) is 5.78 Å². The Morgan fingerprint density at radius 3 is 2.52 bits per heavy atom. The second-order valence-corrected chi connectivity index (χ2v) is 4.84. The summed E-state index contributed by atoms with van der Waals surface area (Å²) < 4.78 is 12.9. The minimum atomic E-state index is -0.616. The van der Waals surface area contributed by atoms with Gasteiger partial charge < -0.3 is 5.32 Å². The maximum Gasteiger partial charge on any atom is 0.279 e. The normalized spacial score (nSPS) is 14.5. The quantitative estimate of drug-likeness (QED) is 0.408. The van der Waals surface area contributed by atoms with E-state index < -0.39 is 22.4 Å². The Morgan fingerprint density at radius 1 is 1.17 bits per heavy atom. The SMILES string of the molecule is O=C1Nc2cccc([N+](=O)[O-])c2/C1=C/C(=O)c1ccc(F)cc1. The van der Waals surface area contributed by atoms with Crippen LogP contribution in [0.25, 0.3) is 5.57 Å². The van der Waals surface area contributed by atoms with Crippen molar-refractivity contribution in [2.75, 3.05) is 5.32 Å². The van der Waals surface area contributed by atoms with E-state index in [4.69, 9.17) is 0 Å². The molecule has 0 saturated carbocycles. The van der Waals surface area contributed by atoms with Crippen LogP contribution in [0.1, 0.15) is 15.9 Å². The van der Waals surface area contributed by atoms with Crippen LogP contribution in [0, 0.1) is 15.9 Å². The largest absolute Gasteiger partial charge is 0.321 e. The van der Waals surface area contributed by atoms with E-state index in [0.29, 0.717) is 0 Å². The topological polar surface area (TPSA) is 89.3 Å². The van der Waals surface area contributed by atoms with Gasteiger partial charge in [-0.3, -0.25) is 19.7 Å². The van der Waals surface area contributed by atoms with Gasteiger partial charge in [-0.2, -0.15) is 0 Å². The number of ketones is 1. The molecule has 0 bridgehead atoms. The summed E-state index contributed by atoms with van der Waals surface area (Å²) in [5, 5.41) is 13.6. The van der Waals surface area contributed by atoms with Crippen LogP contribution in [0.2, 0.25) is 0 Å². The predicted molar refractivity (Wildman–Crippen MR) is 80.4 cm³/mol. The van der Waals surface area contributed by atoms with Crippen molar-refractivity contribution in [1.82, 2.24) is 0 Å². The molecule has 0 radical (unpaired) electrons. The summed E-state index contributed by atoms with van der Waals surface area (Å²) in [5.74, 6) is -1.63. The second kappa shape index (κ2) is 5.45. The second-order valence-electron chi connectivity index (χ2n) is 4.84. The van der Waals surface area contributed by atoms with Gasteiger partial charge in [-0.25, -0.2) is 4.39 Å². The third-order valence-corrected chi connectivity index (χ3v) is 3.41. The summed E-state index contributed by atoms with van der Waals surface area (Å²) in [7, 11) is 0. The highest BCUT2D eigenvalue weighted by Gasteiger charge is 2.32. The van der Waals surface area contributed by atoms with Crippen LogP contribution in [0.3, 0.4) is 0 Å². The van der Waals surface area contributed by atoms with Gasteiger partial charge in [0.05, 0.1) is 21.7 Å². The number of hydrogen-bond donors (Lipinski definition) is 1. The van der Waals surface area contributed by atoms with Crippen molar-refractivity contribution in [1.29, 1.82) is 0 Å². The summed E-state index contributed by atoms with van der Waals surface area (Å²) in [6.45, 7) is 0. The summed E-state index contributed by atoms with van der Waals surface area (Å²) in [6.07, 6.45) is 1.03. The standard InChI is InChI=1S/C16H9FN2O4/c17-10-6-4-9(5-7-10)14(20)8-11-15-12(18-16(11)21)2-1-3-13(15)19(22)23/h1-8H,(H,18,21)/b11-8-. The molecule has 7 heteroatoms. The van der Waals surface area contributed by atoms with Gasteiger partial charge in [-0.05, 0) is 36.4 Å². The average molecular weight is 312 g/mol. The molecular formula is C16H9FN2O4. The van der Waals surface area contributed by atoms with E-state index >= 15 is 0 Å². The predicted octanol–water partition coefficient (Wildman–Crippen LogP) is 2.95. The third kappa shape index (κ3) is 2.59. The maximum atomic E-state index is 12.9. The van der Waals surface area contributed by atoms with Crippen molar-refractivity contribution in [3.8, 4) is 0 Å². The van der Waals surface area contributed by atoms with Crippen molar-refractivity contribution in [2.24, 2.45) is 0 Å². The van der Waals surface area contributed by atoms with Gasteiger partial charge in [-0.15, -0.1) is 0 Å². The van der Waals surface area contributed by atoms with Gasteiger partial charge in [0.2, 0.25) is 0 Å². The van der Waals surface area contributed by atoms with Crippen LogP contribution < -0.4 is 5.32 Å². The summed E-state index contributed by atoms with van der Waals surface area (Å²) in [5.41, 5.74) is 0.194. The molecule has 1 heterocycles. The molecule has 0 fully saturated rings. The fourth-order valence-electron chi connectivity index (χ4n) is 2.35. The van der Waals surface area contributed by atoms with Crippen LogP contribution in [0.5, 0.6) is 0 Å². The highest BCUT2D eigenvalue weighted by Crippen LogP contribution is 2.38. The molecule has 0 saturated heterocycles. The molecular weight excluding hydrogens is 303 g/mol. The number of nitrogens with zero attached hydrogens (tertiary/aromatic N) is 1. The highest BCUT2D eigenvalue weighted by molar-refractivity contribution is 6.36. The molecule has 23 heavy (non-hydrogen) atoms. The van der Waals surface area contributed by atoms with Gasteiger partial charge in [0.25, 0.3) is 11.6 Å². The lowest BCUT2D eigenvalue weighted by Crippen LogP contribution is -2.06. The first-order chi connectivity index (χ1) is 11.0. The monoisotopic (exact) mass is 312 g/mol. The maximum absolute atomic E-state index is 12.9. The van der Waals surface area contributed by atoms with Crippen LogP contribution in [0.4, 0.5) is 15.8 Å². The molecule has 2 aromatic rings. The molecule has 1 aliphatic rings. The van der Waals surface area contributed by atoms with Gasteiger partial charge >= 0.3 is 0 Å². The minimum absolute atomic E-state index is 0.0814. The minimum Gasteiger partial charge on any atom is -0.321 e. The molecule has 0 aliphatic carbocycles. The molecule has 1 amide bonds. The van der Waals surface area contributed by atoms with Gasteiger partial charge in [0, 0.05) is 11.6 Å². The molecule has 114 valence electrons. The van der Waals surface area contributed by atoms with E-state index in [1.807, 2.05) is 0 Å². The number of nitro benzene ring substituents is 1. The number of halogens is 1. The van der Waals surface area contributed by atoms with E-state index in [1.165, 1.54) is 30.3 Å². The first kappa shape index (κ1) is 14.6. The first-order valence-corrected chi connectivity index (χ1v) is 6.58. The average Bonchev–Trinajstić information content (AvgIpc) is 2.83. The molecule has 0 unspecified atom stereocenters. The van der Waals surface area contributed by atoms with Crippen LogP contribution in [0.15, 0.2) is 48.5 Å². The van der Waals surface area contributed by atoms with Crippen molar-refractivity contribution < 1.29 is 18.9 Å². The van der Waals surface area contributed by atoms with E-state index in [1.54, 1.807) is 0 Å². The van der Waals surface area contributed by atoms with Crippen molar-refractivity contribution in [3.05, 3.63) is 75.6 Å². The third-order valence-electron chi connectivity index (χ3n) is 3.41. The Hall–Kier alpha value is -3.35. The van der Waals surface area contributed by atoms with Gasteiger partial charge in [-0.1, -0.05) is 6.07 Å². The number of carbonyl (C=O) groups is 2. The number of nitro groups is 1. The summed E-state index contributed by atoms with van der Waals surface area (Å²) in [6, 6.07) is 9.03. The van der Waals surface area contributed by atoms with Gasteiger partial charge in [0.1, 0.15) is 5.82 Å². The Labute approximate surface area is 129 Å². The molecule has 3 rings (SSSR count). The lowest BCUT2D eigenvalue weighted by atomic mass is 10.0. The highest BCUT2D eigenvalue weighted by atomic mass is 19.1. The van der Waals surface area contributed by atoms with E-state index in [9.17, 15) is 24.1 Å². The number of allylic oxidation sites excluding steroid dienone is 1. The zero-order chi connectivity index (χ0) is 16.6. The fourth-order valence-corrected chi connectivity index (χ4v) is 2.35. The molecule has 1 N–H and O–H groups in total. The Balaban J connectivity index is 2.08. The van der Waals surface area contributed by atoms with E-state index in [0.717, 1.165) is 18.2 Å². The Bertz CT molecular complexity index is 872. The number of benzene rings is 2. The number of carbonyl (C=O) groups excluding carboxylic acids is 2. The van der Waals surface area contributed by atoms with E-state index in [-0.39, 0.29) is 28.1 Å².